The third-order valence-corrected chi connectivity index (χ3v) is 3.18. The number of carbonyl (C=O) groups excluding carboxylic acids is 1. The predicted octanol–water partition coefficient (Wildman–Crippen LogP) is 0.838. The molecule has 10 nitrogen and oxygen atoms in total. The average molecular weight is 401 g/mol. The van der Waals surface area contributed by atoms with E-state index in [0.717, 1.165) is 4.68 Å². The van der Waals surface area contributed by atoms with E-state index >= 15 is 0 Å². The van der Waals surface area contributed by atoms with Crippen LogP contribution in [0.4, 0.5) is 0 Å². The first-order valence-electron chi connectivity index (χ1n) is 11.4. The van der Waals surface area contributed by atoms with Gasteiger partial charge in [0.15, 0.2) is 0 Å². The first kappa shape index (κ1) is 15.2. The summed E-state index contributed by atoms with van der Waals surface area (Å²) < 4.78 is 49.6. The second kappa shape index (κ2) is 10.6. The Morgan fingerprint density at radius 2 is 1.50 bits per heavy atom. The van der Waals surface area contributed by atoms with Crippen molar-refractivity contribution in [1.82, 2.24) is 29.4 Å². The van der Waals surface area contributed by atoms with E-state index in [0.29, 0.717) is 29.2 Å². The smallest absolute Gasteiger partial charge is 0.356 e. The first-order valence-corrected chi connectivity index (χ1v) is 8.36. The zero-order valence-corrected chi connectivity index (χ0v) is 16.6. The molecule has 10 heteroatoms. The van der Waals surface area contributed by atoms with E-state index in [9.17, 15) is 9.59 Å². The third kappa shape index (κ3) is 7.12. The molecule has 28 heavy (non-hydrogen) atoms. The van der Waals surface area contributed by atoms with Crippen LogP contribution >= 0.6 is 0 Å². The Bertz CT molecular complexity index is 981. The van der Waals surface area contributed by atoms with E-state index in [2.05, 4.69) is 10.2 Å². The number of carbonyl (C=O) groups is 2. The monoisotopic (exact) mass is 400 g/mol. The van der Waals surface area contributed by atoms with Gasteiger partial charge in [-0.3, -0.25) is 9.36 Å². The van der Waals surface area contributed by atoms with Crippen molar-refractivity contribution in [2.24, 2.45) is 14.0 Å². The van der Waals surface area contributed by atoms with Crippen LogP contribution < -0.4 is 0 Å². The quantitative estimate of drug-likeness (QED) is 0.682. The summed E-state index contributed by atoms with van der Waals surface area (Å²) in [7, 11) is 7.24. The van der Waals surface area contributed by atoms with Crippen molar-refractivity contribution in [2.75, 3.05) is 34.8 Å². The van der Waals surface area contributed by atoms with Crippen molar-refractivity contribution >= 4 is 11.9 Å². The predicted molar refractivity (Wildman–Crippen MR) is 104 cm³/mol. The van der Waals surface area contributed by atoms with Crippen LogP contribution in [0.2, 0.25) is 0 Å². The molecule has 156 valence electrons. The summed E-state index contributed by atoms with van der Waals surface area (Å²) in [6.07, 6.45) is 0. The maximum atomic E-state index is 11.7. The number of aryl methyl sites for hydroxylation is 2. The van der Waals surface area contributed by atoms with Crippen LogP contribution in [-0.4, -0.2) is 81.2 Å². The van der Waals surface area contributed by atoms with Gasteiger partial charge in [0.2, 0.25) is 0 Å². The van der Waals surface area contributed by atoms with Gasteiger partial charge in [-0.2, -0.15) is 10.2 Å². The Hall–Kier alpha value is -2.72. The molecular weight excluding hydrogens is 364 g/mol. The Morgan fingerprint density at radius 1 is 1.04 bits per heavy atom. The average Bonchev–Trinajstić information content (AvgIpc) is 3.25. The normalized spacial score (nSPS) is 14.8. The van der Waals surface area contributed by atoms with Crippen LogP contribution in [0.15, 0.2) is 12.1 Å². The minimum Gasteiger partial charge on any atom is -0.477 e. The van der Waals surface area contributed by atoms with Crippen molar-refractivity contribution < 1.29 is 27.7 Å². The molecule has 0 saturated carbocycles. The Labute approximate surface area is 173 Å². The van der Waals surface area contributed by atoms with Gasteiger partial charge in [-0.05, 0) is 47.2 Å². The molecule has 0 radical (unpaired) electrons. The SMILES string of the molecule is [2H]C([2H])([2H])n1nc(CN(C)C)cc1C(=O)O.[2H]C([2H])([2H])n1nc(CN(C)C)cc1C(=O)OCC. The van der Waals surface area contributed by atoms with Crippen LogP contribution in [0, 0.1) is 0 Å². The Balaban J connectivity index is 0.000000342. The second-order valence-corrected chi connectivity index (χ2v) is 6.37. The van der Waals surface area contributed by atoms with Crippen molar-refractivity contribution in [3.05, 3.63) is 34.9 Å². The summed E-state index contributed by atoms with van der Waals surface area (Å²) in [6.45, 7) is -2.37. The Morgan fingerprint density at radius 3 is 1.86 bits per heavy atom. The molecule has 2 aromatic rings. The highest BCUT2D eigenvalue weighted by Gasteiger charge is 2.14. The summed E-state index contributed by atoms with van der Waals surface area (Å²) >= 11 is 0. The summed E-state index contributed by atoms with van der Waals surface area (Å²) in [5.74, 6) is -1.97. The van der Waals surface area contributed by atoms with Gasteiger partial charge in [-0.1, -0.05) is 0 Å². The van der Waals surface area contributed by atoms with Gasteiger partial charge >= 0.3 is 11.9 Å². The minimum absolute atomic E-state index is 0.0475. The first-order chi connectivity index (χ1) is 15.5. The van der Waals surface area contributed by atoms with Gasteiger partial charge < -0.3 is 19.6 Å². The van der Waals surface area contributed by atoms with Crippen LogP contribution in [-0.2, 0) is 31.8 Å². The van der Waals surface area contributed by atoms with Gasteiger partial charge in [0.1, 0.15) is 11.4 Å². The van der Waals surface area contributed by atoms with E-state index in [1.54, 1.807) is 25.9 Å². The van der Waals surface area contributed by atoms with Crippen LogP contribution in [0.1, 0.15) is 47.5 Å². The lowest BCUT2D eigenvalue weighted by Crippen LogP contribution is -2.11. The molecular formula is C18H30N6O4. The van der Waals surface area contributed by atoms with Gasteiger partial charge in [0.25, 0.3) is 0 Å². The number of carboxylic acid groups (broad SMARTS) is 1. The highest BCUT2D eigenvalue weighted by atomic mass is 16.5. The summed E-state index contributed by atoms with van der Waals surface area (Å²) in [4.78, 5) is 26.1. The molecule has 0 aliphatic carbocycles. The lowest BCUT2D eigenvalue weighted by molar-refractivity contribution is 0.0513. The number of aromatic carboxylic acids is 1. The number of esters is 1. The number of hydrogen-bond donors (Lipinski definition) is 1. The molecule has 0 aliphatic heterocycles. The molecule has 0 unspecified atom stereocenters. The largest absolute Gasteiger partial charge is 0.477 e. The maximum Gasteiger partial charge on any atom is 0.356 e. The molecule has 0 aliphatic rings. The number of rotatable bonds is 7. The molecule has 0 bridgehead atoms. The van der Waals surface area contributed by atoms with Crippen molar-refractivity contribution in [3.63, 3.8) is 0 Å². The highest BCUT2D eigenvalue weighted by Crippen LogP contribution is 2.06. The number of ether oxygens (including phenoxy) is 1. The fourth-order valence-electron chi connectivity index (χ4n) is 2.17. The molecule has 2 aromatic heterocycles. The fraction of sp³-hybridized carbons (Fsp3) is 0.556. The van der Waals surface area contributed by atoms with Crippen LogP contribution in [0.25, 0.3) is 0 Å². The fourth-order valence-corrected chi connectivity index (χ4v) is 2.17. The molecule has 2 rings (SSSR count). The molecule has 0 spiro atoms. The lowest BCUT2D eigenvalue weighted by Gasteiger charge is -2.04. The van der Waals surface area contributed by atoms with Gasteiger partial charge in [0, 0.05) is 35.3 Å². The molecule has 0 amide bonds. The molecule has 1 N–H and O–H groups in total. The topological polar surface area (TPSA) is 106 Å². The summed E-state index contributed by atoms with van der Waals surface area (Å²) in [5.41, 5.74) is 0.559. The number of hydrogen-bond acceptors (Lipinski definition) is 7. The zero-order valence-electron chi connectivity index (χ0n) is 22.6. The van der Waals surface area contributed by atoms with Crippen LogP contribution in [0.3, 0.4) is 0 Å². The van der Waals surface area contributed by atoms with Gasteiger partial charge in [-0.15, -0.1) is 0 Å². The molecule has 0 fully saturated rings. The highest BCUT2D eigenvalue weighted by molar-refractivity contribution is 5.87. The zero-order chi connectivity index (χ0) is 26.4. The van der Waals surface area contributed by atoms with E-state index < -0.39 is 25.9 Å². The van der Waals surface area contributed by atoms with Crippen molar-refractivity contribution in [2.45, 2.75) is 20.0 Å². The van der Waals surface area contributed by atoms with Crippen molar-refractivity contribution in [3.8, 4) is 0 Å². The maximum absolute atomic E-state index is 11.7. The number of nitrogens with zero attached hydrogens (tertiary/aromatic N) is 6. The number of aromatic nitrogens is 4. The third-order valence-electron chi connectivity index (χ3n) is 3.18. The summed E-state index contributed by atoms with van der Waals surface area (Å²) in [6, 6.07) is 2.72. The molecule has 2 heterocycles. The standard InChI is InChI=1S/C10H17N3O2.C8H13N3O2/c1-5-15-10(14)9-6-8(7-12(2)3)11-13(9)4;1-10(2)5-6-4-7(8(12)13)11(3)9-6/h6H,5,7H2,1-4H3;4H,5H2,1-3H3,(H,12,13)/i4D3;3D3. The number of carboxylic acids is 1. The molecule has 0 aromatic carbocycles. The van der Waals surface area contributed by atoms with Gasteiger partial charge in [0.05, 0.1) is 18.0 Å². The van der Waals surface area contributed by atoms with E-state index in [-0.39, 0.29) is 18.0 Å². The summed E-state index contributed by atoms with van der Waals surface area (Å²) in [5, 5.41) is 16.6. The van der Waals surface area contributed by atoms with Gasteiger partial charge in [-0.25, -0.2) is 9.59 Å². The van der Waals surface area contributed by atoms with E-state index in [4.69, 9.17) is 18.1 Å². The molecule has 0 saturated heterocycles. The van der Waals surface area contributed by atoms with E-state index in [1.807, 2.05) is 19.0 Å². The molecule has 0 atom stereocenters. The van der Waals surface area contributed by atoms with Crippen LogP contribution in [0.5, 0.6) is 0 Å². The lowest BCUT2D eigenvalue weighted by atomic mass is 10.3. The van der Waals surface area contributed by atoms with E-state index in [1.165, 1.54) is 12.1 Å². The Kier molecular flexibility index (Phi) is 5.75. The minimum atomic E-state index is -2.57. The second-order valence-electron chi connectivity index (χ2n) is 6.37. The van der Waals surface area contributed by atoms with Crippen molar-refractivity contribution in [1.29, 1.82) is 0 Å².